The number of amides is 1. The van der Waals surface area contributed by atoms with Gasteiger partial charge in [-0.25, -0.2) is 0 Å². The molecule has 0 aliphatic carbocycles. The Kier molecular flexibility index (Phi) is 7.37. The molecule has 1 amide bonds. The molecule has 0 unspecified atom stereocenters. The number of likely N-dealkylation sites (tertiary alicyclic amines) is 1. The van der Waals surface area contributed by atoms with E-state index in [2.05, 4.69) is 11.0 Å². The molecule has 1 aliphatic heterocycles. The topological polar surface area (TPSA) is 64.4 Å². The van der Waals surface area contributed by atoms with Gasteiger partial charge in [0.05, 0.1) is 19.0 Å². The van der Waals surface area contributed by atoms with Crippen molar-refractivity contribution in [2.24, 2.45) is 5.92 Å². The second-order valence-corrected chi connectivity index (χ2v) is 8.00. The van der Waals surface area contributed by atoms with Gasteiger partial charge in [-0.3, -0.25) is 14.5 Å². The van der Waals surface area contributed by atoms with Crippen molar-refractivity contribution in [3.05, 3.63) is 65.2 Å². The molecule has 5 heteroatoms. The summed E-state index contributed by atoms with van der Waals surface area (Å²) in [5.74, 6) is 0.224. The Morgan fingerprint density at radius 3 is 2.40 bits per heavy atom. The summed E-state index contributed by atoms with van der Waals surface area (Å²) in [6.45, 7) is 6.23. The average Bonchev–Trinajstić information content (AvgIpc) is 2.77. The smallest absolute Gasteiger partial charge is 0.241 e. The lowest BCUT2D eigenvalue weighted by molar-refractivity contribution is -0.120. The van der Waals surface area contributed by atoms with Crippen LogP contribution in [0.5, 0.6) is 0 Å². The van der Waals surface area contributed by atoms with E-state index < -0.39 is 0 Å². The Bertz CT molecular complexity index is 925. The number of benzene rings is 2. The number of hydrogen-bond donors (Lipinski definition) is 0. The Labute approximate surface area is 178 Å². The monoisotopic (exact) mass is 403 g/mol. The zero-order valence-corrected chi connectivity index (χ0v) is 17.8. The number of carbonyl (C=O) groups is 2. The summed E-state index contributed by atoms with van der Waals surface area (Å²) in [6, 6.07) is 17.5. The maximum atomic E-state index is 13.1. The molecule has 2 aromatic rings. The van der Waals surface area contributed by atoms with Crippen molar-refractivity contribution in [3.63, 3.8) is 0 Å². The fourth-order valence-electron chi connectivity index (χ4n) is 3.92. The second kappa shape index (κ2) is 10.2. The first kappa shape index (κ1) is 21.7. The van der Waals surface area contributed by atoms with Crippen LogP contribution in [-0.2, 0) is 4.79 Å². The summed E-state index contributed by atoms with van der Waals surface area (Å²) in [5.41, 5.74) is 3.91. The van der Waals surface area contributed by atoms with E-state index in [1.165, 1.54) is 5.56 Å². The SMILES string of the molecule is Cc1ccc(N(CCC#N)C(=O)CN2CCC(C(=O)c3ccccc3)CC2)cc1C. The van der Waals surface area contributed by atoms with Gasteiger partial charge in [0.25, 0.3) is 0 Å². The fraction of sp³-hybridized carbons (Fsp3) is 0.400. The largest absolute Gasteiger partial charge is 0.310 e. The molecule has 5 nitrogen and oxygen atoms in total. The molecule has 3 rings (SSSR count). The first-order chi connectivity index (χ1) is 14.5. The van der Waals surface area contributed by atoms with Gasteiger partial charge in [-0.05, 0) is 63.0 Å². The van der Waals surface area contributed by atoms with Crippen LogP contribution in [0.1, 0.15) is 40.7 Å². The van der Waals surface area contributed by atoms with Crippen molar-refractivity contribution in [1.82, 2.24) is 4.90 Å². The number of ketones is 1. The van der Waals surface area contributed by atoms with Gasteiger partial charge in [0.15, 0.2) is 5.78 Å². The van der Waals surface area contributed by atoms with E-state index in [1.807, 2.05) is 62.4 Å². The van der Waals surface area contributed by atoms with E-state index in [9.17, 15) is 9.59 Å². The van der Waals surface area contributed by atoms with Gasteiger partial charge in [-0.2, -0.15) is 5.26 Å². The van der Waals surface area contributed by atoms with E-state index in [1.54, 1.807) is 4.90 Å². The van der Waals surface area contributed by atoms with Gasteiger partial charge in [0.1, 0.15) is 0 Å². The van der Waals surface area contributed by atoms with Crippen molar-refractivity contribution in [2.75, 3.05) is 31.1 Å². The van der Waals surface area contributed by atoms with Crippen molar-refractivity contribution < 1.29 is 9.59 Å². The number of Topliss-reactive ketones (excluding diaryl/α,β-unsaturated/α-hetero) is 1. The maximum Gasteiger partial charge on any atom is 0.241 e. The second-order valence-electron chi connectivity index (χ2n) is 8.00. The molecule has 0 aromatic heterocycles. The van der Waals surface area contributed by atoms with Crippen LogP contribution in [0.4, 0.5) is 5.69 Å². The van der Waals surface area contributed by atoms with Crippen LogP contribution in [0, 0.1) is 31.1 Å². The normalized spacial score (nSPS) is 14.8. The Morgan fingerprint density at radius 1 is 1.07 bits per heavy atom. The highest BCUT2D eigenvalue weighted by atomic mass is 16.2. The number of rotatable bonds is 7. The van der Waals surface area contributed by atoms with Gasteiger partial charge in [0, 0.05) is 23.7 Å². The zero-order chi connectivity index (χ0) is 21.5. The Hall–Kier alpha value is -2.97. The Balaban J connectivity index is 1.60. The van der Waals surface area contributed by atoms with E-state index in [4.69, 9.17) is 5.26 Å². The number of nitriles is 1. The van der Waals surface area contributed by atoms with Gasteiger partial charge < -0.3 is 4.90 Å². The number of carbonyl (C=O) groups excluding carboxylic acids is 2. The highest BCUT2D eigenvalue weighted by Crippen LogP contribution is 2.23. The van der Waals surface area contributed by atoms with Crippen LogP contribution in [0.3, 0.4) is 0 Å². The summed E-state index contributed by atoms with van der Waals surface area (Å²) in [5, 5.41) is 9.01. The molecule has 1 heterocycles. The number of aryl methyl sites for hydroxylation is 2. The van der Waals surface area contributed by atoms with E-state index >= 15 is 0 Å². The highest BCUT2D eigenvalue weighted by molar-refractivity contribution is 5.98. The van der Waals surface area contributed by atoms with E-state index in [-0.39, 0.29) is 17.6 Å². The highest BCUT2D eigenvalue weighted by Gasteiger charge is 2.28. The average molecular weight is 404 g/mol. The van der Waals surface area contributed by atoms with Crippen molar-refractivity contribution in [3.8, 4) is 6.07 Å². The van der Waals surface area contributed by atoms with Crippen LogP contribution in [0.2, 0.25) is 0 Å². The number of nitrogens with zero attached hydrogens (tertiary/aromatic N) is 3. The zero-order valence-electron chi connectivity index (χ0n) is 17.8. The Morgan fingerprint density at radius 2 is 1.77 bits per heavy atom. The minimum absolute atomic E-state index is 0.00124. The molecule has 156 valence electrons. The number of anilines is 1. The quantitative estimate of drug-likeness (QED) is 0.652. The van der Waals surface area contributed by atoms with Crippen LogP contribution in [-0.4, -0.2) is 42.8 Å². The predicted molar refractivity (Wildman–Crippen MR) is 118 cm³/mol. The molecule has 0 spiro atoms. The molecule has 1 fully saturated rings. The van der Waals surface area contributed by atoms with Crippen LogP contribution in [0.15, 0.2) is 48.5 Å². The first-order valence-corrected chi connectivity index (χ1v) is 10.6. The molecule has 0 saturated carbocycles. The van der Waals surface area contributed by atoms with Gasteiger partial charge in [-0.1, -0.05) is 36.4 Å². The molecule has 1 saturated heterocycles. The lowest BCUT2D eigenvalue weighted by Crippen LogP contribution is -2.44. The lowest BCUT2D eigenvalue weighted by atomic mass is 9.89. The fourth-order valence-corrected chi connectivity index (χ4v) is 3.92. The molecular weight excluding hydrogens is 374 g/mol. The third kappa shape index (κ3) is 5.34. The molecule has 0 N–H and O–H groups in total. The van der Waals surface area contributed by atoms with Crippen molar-refractivity contribution >= 4 is 17.4 Å². The summed E-state index contributed by atoms with van der Waals surface area (Å²) >= 11 is 0. The number of hydrogen-bond acceptors (Lipinski definition) is 4. The van der Waals surface area contributed by atoms with Crippen LogP contribution >= 0.6 is 0 Å². The van der Waals surface area contributed by atoms with Crippen LogP contribution in [0.25, 0.3) is 0 Å². The number of piperidine rings is 1. The van der Waals surface area contributed by atoms with Gasteiger partial charge in [-0.15, -0.1) is 0 Å². The van der Waals surface area contributed by atoms with Gasteiger partial charge >= 0.3 is 0 Å². The lowest BCUT2D eigenvalue weighted by Gasteiger charge is -2.32. The molecule has 0 bridgehead atoms. The third-order valence-electron chi connectivity index (χ3n) is 5.93. The van der Waals surface area contributed by atoms with E-state index in [0.717, 1.165) is 42.7 Å². The van der Waals surface area contributed by atoms with Crippen molar-refractivity contribution in [1.29, 1.82) is 5.26 Å². The summed E-state index contributed by atoms with van der Waals surface area (Å²) in [6.07, 6.45) is 1.83. The summed E-state index contributed by atoms with van der Waals surface area (Å²) < 4.78 is 0. The standard InChI is InChI=1S/C25H29N3O2/c1-19-9-10-23(17-20(19)2)28(14-6-13-26)24(29)18-27-15-11-22(12-16-27)25(30)21-7-4-3-5-8-21/h3-5,7-10,17,22H,6,11-12,14-16,18H2,1-2H3. The first-order valence-electron chi connectivity index (χ1n) is 10.6. The minimum atomic E-state index is 0.00124. The molecule has 0 atom stereocenters. The minimum Gasteiger partial charge on any atom is -0.310 e. The molecule has 30 heavy (non-hydrogen) atoms. The molecule has 1 aliphatic rings. The summed E-state index contributed by atoms with van der Waals surface area (Å²) in [4.78, 5) is 29.6. The molecule has 2 aromatic carbocycles. The molecule has 0 radical (unpaired) electrons. The van der Waals surface area contributed by atoms with Crippen LogP contribution < -0.4 is 4.90 Å². The molecular formula is C25H29N3O2. The summed E-state index contributed by atoms with van der Waals surface area (Å²) in [7, 11) is 0. The van der Waals surface area contributed by atoms with Crippen molar-refractivity contribution in [2.45, 2.75) is 33.1 Å². The van der Waals surface area contributed by atoms with Gasteiger partial charge in [0.2, 0.25) is 5.91 Å². The third-order valence-corrected chi connectivity index (χ3v) is 5.93. The maximum absolute atomic E-state index is 13.1. The van der Waals surface area contributed by atoms with E-state index in [0.29, 0.717) is 19.5 Å². The predicted octanol–water partition coefficient (Wildman–Crippen LogP) is 4.15.